The molecule has 2 aliphatic rings. The summed E-state index contributed by atoms with van der Waals surface area (Å²) in [7, 11) is 0. The Kier molecular flexibility index (Phi) is 3.20. The number of pyridine rings is 1. The van der Waals surface area contributed by atoms with Crippen molar-refractivity contribution in [3.05, 3.63) is 58.9 Å². The highest BCUT2D eigenvalue weighted by atomic mass is 16.1. The molecule has 23 heavy (non-hydrogen) atoms. The first-order chi connectivity index (χ1) is 11.2. The molecule has 4 rings (SSSR count). The summed E-state index contributed by atoms with van der Waals surface area (Å²) in [5.74, 6) is 0.0506. The number of hydrogen-bond donors (Lipinski definition) is 1. The summed E-state index contributed by atoms with van der Waals surface area (Å²) in [5, 5.41) is 0. The molecule has 114 valence electrons. The van der Waals surface area contributed by atoms with E-state index in [1.807, 2.05) is 24.4 Å². The van der Waals surface area contributed by atoms with Gasteiger partial charge < -0.3 is 5.73 Å². The van der Waals surface area contributed by atoms with Crippen LogP contribution < -0.4 is 5.73 Å². The van der Waals surface area contributed by atoms with E-state index in [1.54, 1.807) is 0 Å². The lowest BCUT2D eigenvalue weighted by molar-refractivity contribution is 0.1000. The summed E-state index contributed by atoms with van der Waals surface area (Å²) in [6.07, 6.45) is 5.01. The van der Waals surface area contributed by atoms with Crippen LogP contribution in [0.3, 0.4) is 0 Å². The molecule has 0 spiro atoms. The Morgan fingerprint density at radius 2 is 1.96 bits per heavy atom. The van der Waals surface area contributed by atoms with Crippen LogP contribution in [0.25, 0.3) is 16.7 Å². The van der Waals surface area contributed by atoms with E-state index in [2.05, 4.69) is 29.0 Å². The smallest absolute Gasteiger partial charge is 0.184 e. The maximum atomic E-state index is 12.0. The summed E-state index contributed by atoms with van der Waals surface area (Å²) in [5.41, 5.74) is 13.9. The van der Waals surface area contributed by atoms with E-state index in [4.69, 9.17) is 5.73 Å². The summed E-state index contributed by atoms with van der Waals surface area (Å²) in [6, 6.07) is 8.04. The molecule has 0 unspecified atom stereocenters. The minimum absolute atomic E-state index is 0.0506. The number of carbonyl (C=O) groups excluding carboxylic acids is 1. The van der Waals surface area contributed by atoms with Gasteiger partial charge in [0.25, 0.3) is 0 Å². The van der Waals surface area contributed by atoms with E-state index >= 15 is 0 Å². The second-order valence-electron chi connectivity index (χ2n) is 5.96. The molecule has 0 radical (unpaired) electrons. The first-order valence-electron chi connectivity index (χ1n) is 7.75. The lowest BCUT2D eigenvalue weighted by Crippen LogP contribution is -2.24. The van der Waals surface area contributed by atoms with Gasteiger partial charge in [-0.25, -0.2) is 0 Å². The summed E-state index contributed by atoms with van der Waals surface area (Å²) in [6.45, 7) is 2.65. The van der Waals surface area contributed by atoms with Gasteiger partial charge in [-0.05, 0) is 35.8 Å². The molecule has 2 aromatic rings. The van der Waals surface area contributed by atoms with Crippen LogP contribution in [0.2, 0.25) is 0 Å². The highest BCUT2D eigenvalue weighted by Crippen LogP contribution is 2.31. The van der Waals surface area contributed by atoms with Crippen molar-refractivity contribution in [3.63, 3.8) is 0 Å². The van der Waals surface area contributed by atoms with Gasteiger partial charge in [-0.2, -0.15) is 0 Å². The zero-order valence-electron chi connectivity index (χ0n) is 13.0. The van der Waals surface area contributed by atoms with Gasteiger partial charge in [0, 0.05) is 35.9 Å². The predicted octanol–water partition coefficient (Wildman–Crippen LogP) is 2.65. The third-order valence-electron chi connectivity index (χ3n) is 4.57. The van der Waals surface area contributed by atoms with Crippen LogP contribution in [0, 0.1) is 0 Å². The van der Waals surface area contributed by atoms with Crippen molar-refractivity contribution in [3.8, 4) is 11.1 Å². The van der Waals surface area contributed by atoms with Gasteiger partial charge in [0.1, 0.15) is 6.54 Å². The molecule has 0 saturated carbocycles. The maximum Gasteiger partial charge on any atom is 0.184 e. The Balaban J connectivity index is 1.83. The van der Waals surface area contributed by atoms with Crippen LogP contribution >= 0.6 is 0 Å². The van der Waals surface area contributed by atoms with Crippen LogP contribution in [0.4, 0.5) is 0 Å². The number of nitrogens with zero attached hydrogens (tertiary/aromatic N) is 2. The third-order valence-corrected chi connectivity index (χ3v) is 4.57. The predicted molar refractivity (Wildman–Crippen MR) is 91.8 cm³/mol. The molecule has 1 aromatic heterocycles. The third kappa shape index (κ3) is 2.23. The molecule has 2 N–H and O–H groups in total. The lowest BCUT2D eigenvalue weighted by atomic mass is 9.92. The van der Waals surface area contributed by atoms with Crippen molar-refractivity contribution in [1.82, 2.24) is 4.98 Å². The van der Waals surface area contributed by atoms with Crippen molar-refractivity contribution in [2.75, 3.05) is 13.1 Å². The fourth-order valence-corrected chi connectivity index (χ4v) is 3.23. The summed E-state index contributed by atoms with van der Waals surface area (Å²) >= 11 is 0. The van der Waals surface area contributed by atoms with Crippen molar-refractivity contribution in [2.45, 2.75) is 13.3 Å². The first-order valence-corrected chi connectivity index (χ1v) is 7.75. The quantitative estimate of drug-likeness (QED) is 0.927. The largest absolute Gasteiger partial charge is 0.325 e. The van der Waals surface area contributed by atoms with Crippen molar-refractivity contribution < 1.29 is 4.79 Å². The molecule has 2 heterocycles. The van der Waals surface area contributed by atoms with E-state index < -0.39 is 0 Å². The number of rotatable bonds is 2. The Labute approximate surface area is 134 Å². The average molecular weight is 303 g/mol. The number of allylic oxidation sites excluding steroid dienone is 2. The van der Waals surface area contributed by atoms with Crippen LogP contribution in [0.15, 0.2) is 41.5 Å². The molecule has 1 aromatic carbocycles. The minimum Gasteiger partial charge on any atom is -0.325 e. The van der Waals surface area contributed by atoms with E-state index in [-0.39, 0.29) is 12.3 Å². The number of ketones is 1. The Morgan fingerprint density at radius 1 is 1.13 bits per heavy atom. The number of aliphatic imine (C=N–C) groups is 1. The van der Waals surface area contributed by atoms with Crippen molar-refractivity contribution in [1.29, 1.82) is 0 Å². The highest BCUT2D eigenvalue weighted by molar-refractivity contribution is 6.16. The van der Waals surface area contributed by atoms with Gasteiger partial charge in [-0.15, -0.1) is 0 Å². The van der Waals surface area contributed by atoms with Crippen LogP contribution in [-0.4, -0.2) is 29.6 Å². The standard InChI is InChI=1S/C19H17N3O/c1-11-2-5-17-15(11)7-13(9-21-17)12-3-4-14-16(6-12)18(8-20)22-10-19(14)23/h2-4,6-7,9H,5,8,10,20H2,1H3. The molecule has 1 aliphatic heterocycles. The molecule has 0 atom stereocenters. The Hall–Kier alpha value is -2.59. The van der Waals surface area contributed by atoms with Gasteiger partial charge in [0.05, 0.1) is 11.4 Å². The lowest BCUT2D eigenvalue weighted by Gasteiger charge is -2.16. The van der Waals surface area contributed by atoms with E-state index in [1.165, 1.54) is 11.1 Å². The number of aromatic nitrogens is 1. The minimum atomic E-state index is 0.0506. The van der Waals surface area contributed by atoms with Gasteiger partial charge >= 0.3 is 0 Å². The number of nitrogens with two attached hydrogens (primary N) is 1. The molecule has 0 bridgehead atoms. The molecular formula is C19H17N3O. The summed E-state index contributed by atoms with van der Waals surface area (Å²) in [4.78, 5) is 20.9. The van der Waals surface area contributed by atoms with Crippen molar-refractivity contribution in [2.24, 2.45) is 10.7 Å². The Morgan fingerprint density at radius 3 is 2.78 bits per heavy atom. The fourth-order valence-electron chi connectivity index (χ4n) is 3.23. The molecule has 0 amide bonds. The SMILES string of the molecule is CC1=CCc2ncc(-c3ccc4c(c3)C(CN)=NCC4=O)cc21. The second kappa shape index (κ2) is 5.25. The normalized spacial score (nSPS) is 15.8. The van der Waals surface area contributed by atoms with Crippen LogP contribution in [0.5, 0.6) is 0 Å². The number of benzene rings is 1. The number of hydrogen-bond acceptors (Lipinski definition) is 4. The highest BCUT2D eigenvalue weighted by Gasteiger charge is 2.20. The first kappa shape index (κ1) is 14.0. The van der Waals surface area contributed by atoms with Crippen molar-refractivity contribution >= 4 is 17.1 Å². The topological polar surface area (TPSA) is 68.3 Å². The monoisotopic (exact) mass is 303 g/mol. The number of fused-ring (bicyclic) bond motifs is 2. The number of Topliss-reactive ketones (excluding diaryl/α,β-unsaturated/α-hetero) is 1. The molecule has 0 fully saturated rings. The van der Waals surface area contributed by atoms with E-state index in [0.29, 0.717) is 6.54 Å². The van der Waals surface area contributed by atoms with E-state index in [9.17, 15) is 4.79 Å². The molecule has 0 saturated heterocycles. The molecule has 1 aliphatic carbocycles. The van der Waals surface area contributed by atoms with Crippen LogP contribution in [-0.2, 0) is 6.42 Å². The van der Waals surface area contributed by atoms with Gasteiger partial charge in [-0.3, -0.25) is 14.8 Å². The zero-order valence-corrected chi connectivity index (χ0v) is 13.0. The van der Waals surface area contributed by atoms with E-state index in [0.717, 1.165) is 40.1 Å². The van der Waals surface area contributed by atoms with Crippen LogP contribution in [0.1, 0.15) is 34.1 Å². The number of carbonyl (C=O) groups is 1. The Bertz CT molecular complexity index is 893. The summed E-state index contributed by atoms with van der Waals surface area (Å²) < 4.78 is 0. The van der Waals surface area contributed by atoms with Gasteiger partial charge in [-0.1, -0.05) is 18.2 Å². The van der Waals surface area contributed by atoms with Gasteiger partial charge in [0.15, 0.2) is 5.78 Å². The molecular weight excluding hydrogens is 286 g/mol. The maximum absolute atomic E-state index is 12.0. The second-order valence-corrected chi connectivity index (χ2v) is 5.96. The van der Waals surface area contributed by atoms with Gasteiger partial charge in [0.2, 0.25) is 0 Å². The fraction of sp³-hybridized carbons (Fsp3) is 0.211. The zero-order chi connectivity index (χ0) is 16.0. The average Bonchev–Trinajstić information content (AvgIpc) is 2.96. The molecule has 4 heteroatoms. The molecule has 4 nitrogen and oxygen atoms in total.